The monoisotopic (exact) mass is 440 g/mol. The van der Waals surface area contributed by atoms with Crippen molar-refractivity contribution < 1.29 is 27.4 Å². The summed E-state index contributed by atoms with van der Waals surface area (Å²) in [6.45, 7) is 0. The minimum atomic E-state index is -4.55. The Kier molecular flexibility index (Phi) is 5.97. The number of benzene rings is 1. The fraction of sp³-hybridized carbons (Fsp3) is 0.263. The fourth-order valence-electron chi connectivity index (χ4n) is 2.94. The summed E-state index contributed by atoms with van der Waals surface area (Å²) in [4.78, 5) is 24.1. The summed E-state index contributed by atoms with van der Waals surface area (Å²) in [7, 11) is 4.09. The quantitative estimate of drug-likeness (QED) is 0.443. The van der Waals surface area contributed by atoms with E-state index in [1.54, 1.807) is 24.3 Å². The Labute approximate surface area is 174 Å². The van der Waals surface area contributed by atoms with Crippen LogP contribution < -0.4 is 4.74 Å². The van der Waals surface area contributed by atoms with Crippen LogP contribution in [0.4, 0.5) is 13.2 Å². The number of imidazole rings is 1. The number of hydrogen-bond donors (Lipinski definition) is 0. The molecule has 7 nitrogen and oxygen atoms in total. The van der Waals surface area contributed by atoms with E-state index in [0.29, 0.717) is 11.1 Å². The number of ether oxygens (including phenoxy) is 2. The zero-order valence-corrected chi connectivity index (χ0v) is 16.8. The predicted octanol–water partition coefficient (Wildman–Crippen LogP) is 3.86. The standard InChI is InChI=1S/C19H16ClF3N4O3/c1-27-9-13(19(21,22)23)25-16(27)11-6-4-10(5-7-11)14(17(28)30-3)15-12(29-2)8-24-18(20)26-15/h4-9,14H,1-3H3. The van der Waals surface area contributed by atoms with Gasteiger partial charge in [-0.3, -0.25) is 4.79 Å². The van der Waals surface area contributed by atoms with Gasteiger partial charge in [0, 0.05) is 18.8 Å². The third kappa shape index (κ3) is 4.23. The van der Waals surface area contributed by atoms with Gasteiger partial charge in [-0.25, -0.2) is 15.0 Å². The molecule has 0 radical (unpaired) electrons. The van der Waals surface area contributed by atoms with E-state index in [4.69, 9.17) is 21.1 Å². The molecule has 158 valence electrons. The number of nitrogens with zero attached hydrogens (tertiary/aromatic N) is 4. The number of aromatic nitrogens is 4. The number of alkyl halides is 3. The number of carbonyl (C=O) groups excluding carboxylic acids is 1. The first-order chi connectivity index (χ1) is 14.2. The topological polar surface area (TPSA) is 79.1 Å². The second-order valence-corrected chi connectivity index (χ2v) is 6.57. The number of esters is 1. The van der Waals surface area contributed by atoms with Crippen molar-refractivity contribution in [3.8, 4) is 17.1 Å². The SMILES string of the molecule is COC(=O)C(c1ccc(-c2nc(C(F)(F)F)cn2C)cc1)c1nc(Cl)ncc1OC. The smallest absolute Gasteiger partial charge is 0.434 e. The molecular weight excluding hydrogens is 425 g/mol. The van der Waals surface area contributed by atoms with E-state index < -0.39 is 23.8 Å². The van der Waals surface area contributed by atoms with Crippen molar-refractivity contribution in [2.24, 2.45) is 7.05 Å². The van der Waals surface area contributed by atoms with E-state index in [0.717, 1.165) is 6.20 Å². The van der Waals surface area contributed by atoms with E-state index in [1.807, 2.05) is 0 Å². The van der Waals surface area contributed by atoms with Gasteiger partial charge in [0.1, 0.15) is 17.4 Å². The van der Waals surface area contributed by atoms with Crippen LogP contribution >= 0.6 is 11.6 Å². The number of carbonyl (C=O) groups is 1. The van der Waals surface area contributed by atoms with Crippen molar-refractivity contribution in [2.45, 2.75) is 12.1 Å². The minimum Gasteiger partial charge on any atom is -0.493 e. The summed E-state index contributed by atoms with van der Waals surface area (Å²) >= 11 is 5.88. The van der Waals surface area contributed by atoms with Crippen LogP contribution in [0.2, 0.25) is 5.28 Å². The normalized spacial score (nSPS) is 12.5. The second kappa shape index (κ2) is 8.31. The molecule has 1 aromatic carbocycles. The van der Waals surface area contributed by atoms with Crippen molar-refractivity contribution in [1.29, 1.82) is 0 Å². The molecule has 2 aromatic heterocycles. The Balaban J connectivity index is 2.04. The van der Waals surface area contributed by atoms with Crippen molar-refractivity contribution in [3.05, 3.63) is 58.9 Å². The lowest BCUT2D eigenvalue weighted by molar-refractivity contribution is -0.142. The Hall–Kier alpha value is -3.14. The second-order valence-electron chi connectivity index (χ2n) is 6.23. The lowest BCUT2D eigenvalue weighted by Crippen LogP contribution is -2.18. The molecule has 0 amide bonds. The average molecular weight is 441 g/mol. The molecular formula is C19H16ClF3N4O3. The first-order valence-electron chi connectivity index (χ1n) is 8.50. The first kappa shape index (κ1) is 21.6. The molecule has 2 heterocycles. The third-order valence-electron chi connectivity index (χ3n) is 4.35. The maximum Gasteiger partial charge on any atom is 0.434 e. The van der Waals surface area contributed by atoms with Gasteiger partial charge in [0.05, 0.1) is 20.4 Å². The van der Waals surface area contributed by atoms with Gasteiger partial charge in [-0.1, -0.05) is 24.3 Å². The third-order valence-corrected chi connectivity index (χ3v) is 4.53. The zero-order chi connectivity index (χ0) is 22.1. The molecule has 0 aliphatic carbocycles. The molecule has 0 N–H and O–H groups in total. The van der Waals surface area contributed by atoms with Crippen molar-refractivity contribution >= 4 is 17.6 Å². The first-order valence-corrected chi connectivity index (χ1v) is 8.88. The van der Waals surface area contributed by atoms with Crippen LogP contribution in [0, 0.1) is 0 Å². The lowest BCUT2D eigenvalue weighted by Gasteiger charge is -2.17. The van der Waals surface area contributed by atoms with E-state index >= 15 is 0 Å². The molecule has 3 aromatic rings. The van der Waals surface area contributed by atoms with Crippen LogP contribution in [0.5, 0.6) is 5.75 Å². The van der Waals surface area contributed by atoms with Gasteiger partial charge in [-0.05, 0) is 17.2 Å². The van der Waals surface area contributed by atoms with Gasteiger partial charge in [-0.15, -0.1) is 0 Å². The molecule has 30 heavy (non-hydrogen) atoms. The molecule has 0 spiro atoms. The summed E-state index contributed by atoms with van der Waals surface area (Å²) < 4.78 is 50.2. The highest BCUT2D eigenvalue weighted by Gasteiger charge is 2.35. The van der Waals surface area contributed by atoms with E-state index in [2.05, 4.69) is 15.0 Å². The zero-order valence-electron chi connectivity index (χ0n) is 16.1. The summed E-state index contributed by atoms with van der Waals surface area (Å²) in [5.74, 6) is -1.23. The minimum absolute atomic E-state index is 0.0796. The number of halogens is 4. The van der Waals surface area contributed by atoms with E-state index in [9.17, 15) is 18.0 Å². The van der Waals surface area contributed by atoms with Crippen LogP contribution in [-0.2, 0) is 22.8 Å². The van der Waals surface area contributed by atoms with Gasteiger partial charge in [-0.2, -0.15) is 13.2 Å². The van der Waals surface area contributed by atoms with Gasteiger partial charge in [0.2, 0.25) is 5.28 Å². The van der Waals surface area contributed by atoms with Crippen LogP contribution in [0.3, 0.4) is 0 Å². The highest BCUT2D eigenvalue weighted by Crippen LogP contribution is 2.34. The Bertz CT molecular complexity index is 1070. The fourth-order valence-corrected chi connectivity index (χ4v) is 3.08. The highest BCUT2D eigenvalue weighted by molar-refractivity contribution is 6.28. The number of methoxy groups -OCH3 is 2. The molecule has 3 rings (SSSR count). The van der Waals surface area contributed by atoms with Gasteiger partial charge >= 0.3 is 12.1 Å². The van der Waals surface area contributed by atoms with Crippen molar-refractivity contribution in [2.75, 3.05) is 14.2 Å². The molecule has 1 atom stereocenters. The maximum atomic E-state index is 12.9. The van der Waals surface area contributed by atoms with Gasteiger partial charge < -0.3 is 14.0 Å². The van der Waals surface area contributed by atoms with Gasteiger partial charge in [0.15, 0.2) is 11.4 Å². The largest absolute Gasteiger partial charge is 0.493 e. The summed E-state index contributed by atoms with van der Waals surface area (Å²) in [5.41, 5.74) is 0.127. The maximum absolute atomic E-state index is 12.9. The van der Waals surface area contributed by atoms with Crippen LogP contribution in [0.15, 0.2) is 36.7 Å². The molecule has 0 bridgehead atoms. The lowest BCUT2D eigenvalue weighted by atomic mass is 9.94. The number of aryl methyl sites for hydroxylation is 1. The molecule has 0 saturated carbocycles. The van der Waals surface area contributed by atoms with Gasteiger partial charge in [0.25, 0.3) is 0 Å². The van der Waals surface area contributed by atoms with Crippen LogP contribution in [0.25, 0.3) is 11.4 Å². The molecule has 0 saturated heterocycles. The predicted molar refractivity (Wildman–Crippen MR) is 101 cm³/mol. The molecule has 1 unspecified atom stereocenters. The average Bonchev–Trinajstić information content (AvgIpc) is 3.11. The number of rotatable bonds is 5. The highest BCUT2D eigenvalue weighted by atomic mass is 35.5. The van der Waals surface area contributed by atoms with Crippen LogP contribution in [0.1, 0.15) is 22.9 Å². The summed E-state index contributed by atoms with van der Waals surface area (Å²) in [6.07, 6.45) is -2.30. The Morgan fingerprint density at radius 1 is 1.17 bits per heavy atom. The molecule has 0 aliphatic heterocycles. The Morgan fingerprint density at radius 2 is 1.83 bits per heavy atom. The summed E-state index contributed by atoms with van der Waals surface area (Å²) in [5, 5.41) is -0.0796. The number of hydrogen-bond acceptors (Lipinski definition) is 6. The molecule has 11 heteroatoms. The molecule has 0 aliphatic rings. The Morgan fingerprint density at radius 3 is 2.37 bits per heavy atom. The van der Waals surface area contributed by atoms with Crippen LogP contribution in [-0.4, -0.2) is 39.7 Å². The van der Waals surface area contributed by atoms with Crippen molar-refractivity contribution in [3.63, 3.8) is 0 Å². The van der Waals surface area contributed by atoms with E-state index in [-0.39, 0.29) is 22.6 Å². The summed E-state index contributed by atoms with van der Waals surface area (Å²) in [6, 6.07) is 6.27. The molecule has 0 fully saturated rings. The van der Waals surface area contributed by atoms with Crippen molar-refractivity contribution in [1.82, 2.24) is 19.5 Å². The van der Waals surface area contributed by atoms with E-state index in [1.165, 1.54) is 32.0 Å².